The average Bonchev–Trinajstić information content (AvgIpc) is 2.61. The van der Waals surface area contributed by atoms with E-state index in [0.717, 1.165) is 0 Å². The van der Waals surface area contributed by atoms with Crippen LogP contribution >= 0.6 is 0 Å². The molecule has 0 saturated heterocycles. The lowest BCUT2D eigenvalue weighted by atomic mass is 10.1. The minimum absolute atomic E-state index is 0.100. The second kappa shape index (κ2) is 6.16. The van der Waals surface area contributed by atoms with Gasteiger partial charge in [0.15, 0.2) is 9.84 Å². The van der Waals surface area contributed by atoms with Gasteiger partial charge in [0.2, 0.25) is 0 Å². The van der Waals surface area contributed by atoms with Crippen LogP contribution in [0.3, 0.4) is 0 Å². The average molecular weight is 347 g/mol. The molecule has 0 atom stereocenters. The number of nitrogens with zero attached hydrogens (tertiary/aromatic N) is 1. The smallest absolute Gasteiger partial charge is 0.258 e. The lowest BCUT2D eigenvalue weighted by Gasteiger charge is -2.29. The Bertz CT molecular complexity index is 869. The van der Waals surface area contributed by atoms with E-state index in [2.05, 4.69) is 0 Å². The van der Waals surface area contributed by atoms with E-state index in [1.165, 1.54) is 25.2 Å². The van der Waals surface area contributed by atoms with Crippen molar-refractivity contribution in [3.63, 3.8) is 0 Å². The number of methoxy groups -OCH3 is 2. The van der Waals surface area contributed by atoms with Gasteiger partial charge in [-0.25, -0.2) is 8.42 Å². The summed E-state index contributed by atoms with van der Waals surface area (Å²) in [5.74, 6) is 0.595. The van der Waals surface area contributed by atoms with Crippen LogP contribution in [0.2, 0.25) is 0 Å². The van der Waals surface area contributed by atoms with E-state index in [9.17, 15) is 13.2 Å². The van der Waals surface area contributed by atoms with Gasteiger partial charge in [0.05, 0.1) is 30.6 Å². The molecule has 1 heterocycles. The molecule has 0 fully saturated rings. The Labute approximate surface area is 140 Å². The van der Waals surface area contributed by atoms with Crippen molar-refractivity contribution in [3.8, 4) is 11.5 Å². The van der Waals surface area contributed by atoms with Crippen molar-refractivity contribution in [2.45, 2.75) is 4.90 Å². The van der Waals surface area contributed by atoms with Crippen molar-refractivity contribution in [1.29, 1.82) is 0 Å². The molecule has 2 aromatic rings. The first-order chi connectivity index (χ1) is 11.5. The summed E-state index contributed by atoms with van der Waals surface area (Å²) in [6, 6.07) is 11.4. The second-order valence-electron chi connectivity index (χ2n) is 5.34. The number of sulfone groups is 1. The van der Waals surface area contributed by atoms with Crippen LogP contribution in [0.1, 0.15) is 10.4 Å². The Kier molecular flexibility index (Phi) is 4.19. The molecule has 1 aliphatic heterocycles. The molecule has 3 rings (SSSR count). The zero-order valence-corrected chi connectivity index (χ0v) is 14.2. The zero-order valence-electron chi connectivity index (χ0n) is 13.4. The number of carbonyl (C=O) groups is 1. The Balaban J connectivity index is 2.06. The Morgan fingerprint density at radius 2 is 1.67 bits per heavy atom. The van der Waals surface area contributed by atoms with Crippen molar-refractivity contribution in [2.24, 2.45) is 0 Å². The van der Waals surface area contributed by atoms with Gasteiger partial charge in [-0.3, -0.25) is 4.79 Å². The van der Waals surface area contributed by atoms with E-state index in [1.807, 2.05) is 0 Å². The first-order valence-electron chi connectivity index (χ1n) is 7.33. The van der Waals surface area contributed by atoms with Crippen LogP contribution in [0.4, 0.5) is 5.69 Å². The quantitative estimate of drug-likeness (QED) is 0.850. The van der Waals surface area contributed by atoms with Crippen LogP contribution in [0.25, 0.3) is 0 Å². The second-order valence-corrected chi connectivity index (χ2v) is 7.42. The van der Waals surface area contributed by atoms with E-state index >= 15 is 0 Å². The van der Waals surface area contributed by atoms with E-state index in [1.54, 1.807) is 36.4 Å². The standard InChI is InChI=1S/C17H17NO5S/c1-22-13-9-12(10-14(11-13)23-2)17(19)18-7-8-24(20,21)16-6-4-3-5-15(16)18/h3-6,9-11H,7-8H2,1-2H3. The van der Waals surface area contributed by atoms with Gasteiger partial charge >= 0.3 is 0 Å². The molecular formula is C17H17NO5S. The summed E-state index contributed by atoms with van der Waals surface area (Å²) in [6.07, 6.45) is 0. The van der Waals surface area contributed by atoms with Gasteiger partial charge < -0.3 is 14.4 Å². The van der Waals surface area contributed by atoms with Crippen molar-refractivity contribution in [1.82, 2.24) is 0 Å². The van der Waals surface area contributed by atoms with E-state index in [0.29, 0.717) is 22.7 Å². The molecule has 0 N–H and O–H groups in total. The SMILES string of the molecule is COc1cc(OC)cc(C(=O)N2CCS(=O)(=O)c3ccccc32)c1. The highest BCUT2D eigenvalue weighted by Crippen LogP contribution is 2.32. The number of anilines is 1. The summed E-state index contributed by atoms with van der Waals surface area (Å²) in [5.41, 5.74) is 0.774. The fraction of sp³-hybridized carbons (Fsp3) is 0.235. The number of benzene rings is 2. The molecule has 0 aliphatic carbocycles. The third-order valence-corrected chi connectivity index (χ3v) is 5.65. The molecule has 6 nitrogen and oxygen atoms in total. The largest absolute Gasteiger partial charge is 0.497 e. The topological polar surface area (TPSA) is 72.9 Å². The number of amides is 1. The number of para-hydroxylation sites is 1. The molecular weight excluding hydrogens is 330 g/mol. The minimum Gasteiger partial charge on any atom is -0.497 e. The highest BCUT2D eigenvalue weighted by atomic mass is 32.2. The van der Waals surface area contributed by atoms with Gasteiger partial charge in [-0.1, -0.05) is 12.1 Å². The maximum atomic E-state index is 12.9. The molecule has 24 heavy (non-hydrogen) atoms. The van der Waals surface area contributed by atoms with E-state index < -0.39 is 9.84 Å². The van der Waals surface area contributed by atoms with Gasteiger partial charge in [0, 0.05) is 18.2 Å². The molecule has 1 aliphatic rings. The number of hydrogen-bond acceptors (Lipinski definition) is 5. The molecule has 0 spiro atoms. The molecule has 0 bridgehead atoms. The Morgan fingerprint density at radius 1 is 1.04 bits per heavy atom. The molecule has 0 radical (unpaired) electrons. The summed E-state index contributed by atoms with van der Waals surface area (Å²) < 4.78 is 34.8. The number of rotatable bonds is 3. The molecule has 7 heteroatoms. The normalized spacial score (nSPS) is 15.5. The van der Waals surface area contributed by atoms with Gasteiger partial charge in [-0.15, -0.1) is 0 Å². The maximum Gasteiger partial charge on any atom is 0.258 e. The summed E-state index contributed by atoms with van der Waals surface area (Å²) in [5, 5.41) is 0. The van der Waals surface area contributed by atoms with Crippen molar-refractivity contribution >= 4 is 21.4 Å². The molecule has 0 saturated carbocycles. The summed E-state index contributed by atoms with van der Waals surface area (Å²) in [4.78, 5) is 14.6. The Morgan fingerprint density at radius 3 is 2.29 bits per heavy atom. The maximum absolute atomic E-state index is 12.9. The molecule has 0 unspecified atom stereocenters. The lowest BCUT2D eigenvalue weighted by Crippen LogP contribution is -2.39. The van der Waals surface area contributed by atoms with Gasteiger partial charge in [-0.2, -0.15) is 0 Å². The first kappa shape index (κ1) is 16.3. The van der Waals surface area contributed by atoms with Gasteiger partial charge in [-0.05, 0) is 24.3 Å². The predicted octanol–water partition coefficient (Wildman–Crippen LogP) is 2.14. The van der Waals surface area contributed by atoms with E-state index in [4.69, 9.17) is 9.47 Å². The summed E-state index contributed by atoms with van der Waals surface area (Å²) >= 11 is 0. The molecule has 2 aromatic carbocycles. The van der Waals surface area contributed by atoms with Crippen LogP contribution in [0, 0.1) is 0 Å². The fourth-order valence-corrected chi connectivity index (χ4v) is 4.11. The van der Waals surface area contributed by atoms with Crippen LogP contribution in [0.5, 0.6) is 11.5 Å². The predicted molar refractivity (Wildman–Crippen MR) is 89.7 cm³/mol. The summed E-state index contributed by atoms with van der Waals surface area (Å²) in [7, 11) is -0.348. The summed E-state index contributed by atoms with van der Waals surface area (Å²) in [6.45, 7) is 0.109. The number of fused-ring (bicyclic) bond motifs is 1. The first-order valence-corrected chi connectivity index (χ1v) is 8.98. The third-order valence-electron chi connectivity index (χ3n) is 3.92. The Hall–Kier alpha value is -2.54. The van der Waals surface area contributed by atoms with Crippen LogP contribution in [-0.2, 0) is 9.84 Å². The van der Waals surface area contributed by atoms with Gasteiger partial charge in [0.1, 0.15) is 11.5 Å². The van der Waals surface area contributed by atoms with Crippen LogP contribution in [0.15, 0.2) is 47.4 Å². The highest BCUT2D eigenvalue weighted by Gasteiger charge is 2.32. The van der Waals surface area contributed by atoms with Crippen LogP contribution in [-0.4, -0.2) is 40.8 Å². The van der Waals surface area contributed by atoms with E-state index in [-0.39, 0.29) is 23.1 Å². The van der Waals surface area contributed by atoms with Crippen molar-refractivity contribution in [3.05, 3.63) is 48.0 Å². The monoisotopic (exact) mass is 347 g/mol. The van der Waals surface area contributed by atoms with Crippen LogP contribution < -0.4 is 14.4 Å². The van der Waals surface area contributed by atoms with Crippen molar-refractivity contribution < 1.29 is 22.7 Å². The minimum atomic E-state index is -3.36. The highest BCUT2D eigenvalue weighted by molar-refractivity contribution is 7.91. The third kappa shape index (κ3) is 2.82. The zero-order chi connectivity index (χ0) is 17.3. The number of carbonyl (C=O) groups excluding carboxylic acids is 1. The molecule has 0 aromatic heterocycles. The lowest BCUT2D eigenvalue weighted by molar-refractivity contribution is 0.0987. The molecule has 126 valence electrons. The number of ether oxygens (including phenoxy) is 2. The number of hydrogen-bond donors (Lipinski definition) is 0. The molecule has 1 amide bonds. The van der Waals surface area contributed by atoms with Gasteiger partial charge in [0.25, 0.3) is 5.91 Å². The van der Waals surface area contributed by atoms with Crippen molar-refractivity contribution in [2.75, 3.05) is 31.4 Å². The fourth-order valence-electron chi connectivity index (χ4n) is 2.68.